The second-order valence-electron chi connectivity index (χ2n) is 3.50. The first-order valence-electron chi connectivity index (χ1n) is 4.99. The van der Waals surface area contributed by atoms with Crippen molar-refractivity contribution in [3.63, 3.8) is 0 Å². The number of anilines is 1. The number of hydrogen-bond acceptors (Lipinski definition) is 5. The van der Waals surface area contributed by atoms with Crippen molar-refractivity contribution in [2.24, 2.45) is 0 Å². The maximum atomic E-state index is 13.5. The van der Waals surface area contributed by atoms with E-state index in [4.69, 9.17) is 5.11 Å². The fraction of sp³-hybridized carbons (Fsp3) is 0.300. The van der Waals surface area contributed by atoms with Gasteiger partial charge in [-0.15, -0.1) is 0 Å². The number of methoxy groups -OCH3 is 1. The average molecular weight is 276 g/mol. The number of carbonyl (C=O) groups is 1. The minimum absolute atomic E-state index is 0.373. The third kappa shape index (κ3) is 3.35. The Balaban J connectivity index is 3.20. The summed E-state index contributed by atoms with van der Waals surface area (Å²) in [6.07, 6.45) is 0. The molecule has 0 saturated carbocycles. The van der Waals surface area contributed by atoms with Gasteiger partial charge in [-0.1, -0.05) is 0 Å². The lowest BCUT2D eigenvalue weighted by molar-refractivity contribution is -0.384. The molecule has 0 aliphatic heterocycles. The van der Waals surface area contributed by atoms with Gasteiger partial charge < -0.3 is 15.2 Å². The third-order valence-electron chi connectivity index (χ3n) is 2.22. The summed E-state index contributed by atoms with van der Waals surface area (Å²) < 4.78 is 31.1. The van der Waals surface area contributed by atoms with Gasteiger partial charge in [-0.05, 0) is 6.07 Å². The third-order valence-corrected chi connectivity index (χ3v) is 2.22. The first-order chi connectivity index (χ1) is 8.88. The van der Waals surface area contributed by atoms with Gasteiger partial charge in [0.15, 0.2) is 17.3 Å². The lowest BCUT2D eigenvalue weighted by Gasteiger charge is -2.15. The summed E-state index contributed by atoms with van der Waals surface area (Å²) in [4.78, 5) is 20.6. The summed E-state index contributed by atoms with van der Waals surface area (Å²) in [5, 5.41) is 21.6. The standard InChI is InChI=1S/C10H10F2N2O5/c1-19-4-6(10(15)16)13-9-7(14(17)18)3-2-5(11)8(9)12/h2-3,6,13H,4H2,1H3,(H,15,16). The summed E-state index contributed by atoms with van der Waals surface area (Å²) in [6.45, 7) is -0.373. The lowest BCUT2D eigenvalue weighted by Crippen LogP contribution is -2.34. The number of nitro groups is 1. The number of hydrogen-bond donors (Lipinski definition) is 2. The van der Waals surface area contributed by atoms with Gasteiger partial charge in [0, 0.05) is 13.2 Å². The van der Waals surface area contributed by atoms with Crippen molar-refractivity contribution in [1.82, 2.24) is 0 Å². The van der Waals surface area contributed by atoms with E-state index in [2.05, 4.69) is 10.1 Å². The molecule has 1 aromatic carbocycles. The smallest absolute Gasteiger partial charge is 0.328 e. The van der Waals surface area contributed by atoms with E-state index in [1.54, 1.807) is 0 Å². The lowest BCUT2D eigenvalue weighted by atomic mass is 10.2. The van der Waals surface area contributed by atoms with Gasteiger partial charge in [0.05, 0.1) is 11.5 Å². The van der Waals surface area contributed by atoms with Crippen LogP contribution >= 0.6 is 0 Å². The number of nitrogens with zero attached hydrogens (tertiary/aromatic N) is 1. The Bertz CT molecular complexity index is 509. The first-order valence-corrected chi connectivity index (χ1v) is 4.99. The number of halogens is 2. The monoisotopic (exact) mass is 276 g/mol. The van der Waals surface area contributed by atoms with E-state index in [-0.39, 0.29) is 6.61 Å². The predicted molar refractivity (Wildman–Crippen MR) is 59.9 cm³/mol. The van der Waals surface area contributed by atoms with Crippen LogP contribution in [0.4, 0.5) is 20.2 Å². The summed E-state index contributed by atoms with van der Waals surface area (Å²) in [7, 11) is 1.20. The van der Waals surface area contributed by atoms with Crippen LogP contribution in [0.15, 0.2) is 12.1 Å². The quantitative estimate of drug-likeness (QED) is 0.601. The van der Waals surface area contributed by atoms with E-state index in [9.17, 15) is 23.7 Å². The van der Waals surface area contributed by atoms with Crippen LogP contribution in [0, 0.1) is 21.7 Å². The van der Waals surface area contributed by atoms with Gasteiger partial charge in [-0.2, -0.15) is 0 Å². The molecule has 0 amide bonds. The van der Waals surface area contributed by atoms with Crippen LogP contribution in [0.25, 0.3) is 0 Å². The molecule has 104 valence electrons. The Morgan fingerprint density at radius 1 is 1.58 bits per heavy atom. The minimum atomic E-state index is -1.52. The van der Waals surface area contributed by atoms with Crippen LogP contribution in [-0.4, -0.2) is 35.8 Å². The molecule has 1 rings (SSSR count). The molecule has 0 aliphatic rings. The number of nitro benzene ring substituents is 1. The molecule has 2 N–H and O–H groups in total. The highest BCUT2D eigenvalue weighted by Gasteiger charge is 2.26. The molecule has 0 fully saturated rings. The number of carboxylic acids is 1. The largest absolute Gasteiger partial charge is 0.480 e. The van der Waals surface area contributed by atoms with E-state index in [0.29, 0.717) is 6.07 Å². The number of rotatable bonds is 6. The van der Waals surface area contributed by atoms with Gasteiger partial charge in [-0.3, -0.25) is 10.1 Å². The van der Waals surface area contributed by atoms with Crippen LogP contribution in [0.5, 0.6) is 0 Å². The van der Waals surface area contributed by atoms with Crippen LogP contribution in [0.1, 0.15) is 0 Å². The van der Waals surface area contributed by atoms with Gasteiger partial charge in [-0.25, -0.2) is 13.6 Å². The molecule has 19 heavy (non-hydrogen) atoms. The van der Waals surface area contributed by atoms with E-state index in [1.165, 1.54) is 7.11 Å². The molecule has 0 radical (unpaired) electrons. The Kier molecular flexibility index (Phi) is 4.70. The molecule has 1 atom stereocenters. The Morgan fingerprint density at radius 2 is 2.21 bits per heavy atom. The molecule has 0 aliphatic carbocycles. The van der Waals surface area contributed by atoms with Gasteiger partial charge in [0.1, 0.15) is 6.04 Å². The Labute approximate surface area is 105 Å². The molecule has 0 bridgehead atoms. The maximum Gasteiger partial charge on any atom is 0.328 e. The fourth-order valence-electron chi connectivity index (χ4n) is 1.35. The molecular weight excluding hydrogens is 266 g/mol. The van der Waals surface area contributed by atoms with E-state index < -0.39 is 39.9 Å². The average Bonchev–Trinajstić information content (AvgIpc) is 2.33. The Hall–Kier alpha value is -2.29. The number of aliphatic carboxylic acids is 1. The Morgan fingerprint density at radius 3 is 2.68 bits per heavy atom. The van der Waals surface area contributed by atoms with E-state index in [1.807, 2.05) is 0 Å². The van der Waals surface area contributed by atoms with Crippen LogP contribution in [0.3, 0.4) is 0 Å². The van der Waals surface area contributed by atoms with E-state index in [0.717, 1.165) is 6.07 Å². The van der Waals surface area contributed by atoms with Crippen molar-refractivity contribution >= 4 is 17.3 Å². The summed E-state index contributed by atoms with van der Waals surface area (Å²) in [5.41, 5.74) is -1.59. The van der Waals surface area contributed by atoms with Crippen molar-refractivity contribution in [2.75, 3.05) is 19.0 Å². The SMILES string of the molecule is COCC(Nc1c([N+](=O)[O-])ccc(F)c1F)C(=O)O. The maximum absolute atomic E-state index is 13.5. The summed E-state index contributed by atoms with van der Waals surface area (Å²) >= 11 is 0. The topological polar surface area (TPSA) is 102 Å². The van der Waals surface area contributed by atoms with Gasteiger partial charge >= 0.3 is 5.97 Å². The van der Waals surface area contributed by atoms with Crippen molar-refractivity contribution < 1.29 is 28.3 Å². The van der Waals surface area contributed by atoms with Crippen LogP contribution in [0.2, 0.25) is 0 Å². The van der Waals surface area contributed by atoms with Gasteiger partial charge in [0.25, 0.3) is 5.69 Å². The molecular formula is C10H10F2N2O5. The molecule has 1 unspecified atom stereocenters. The highest BCUT2D eigenvalue weighted by Crippen LogP contribution is 2.29. The predicted octanol–water partition coefficient (Wildman–Crippen LogP) is 1.38. The molecule has 0 heterocycles. The normalized spacial score (nSPS) is 11.9. The van der Waals surface area contributed by atoms with Gasteiger partial charge in [0.2, 0.25) is 0 Å². The van der Waals surface area contributed by atoms with Crippen molar-refractivity contribution in [1.29, 1.82) is 0 Å². The van der Waals surface area contributed by atoms with Crippen LogP contribution < -0.4 is 5.32 Å². The zero-order chi connectivity index (χ0) is 14.6. The highest BCUT2D eigenvalue weighted by atomic mass is 19.2. The second-order valence-corrected chi connectivity index (χ2v) is 3.50. The van der Waals surface area contributed by atoms with Crippen LogP contribution in [-0.2, 0) is 9.53 Å². The number of nitrogens with one attached hydrogen (secondary N) is 1. The molecule has 0 aromatic heterocycles. The first kappa shape index (κ1) is 14.8. The zero-order valence-electron chi connectivity index (χ0n) is 9.72. The summed E-state index contributed by atoms with van der Waals surface area (Å²) in [6, 6.07) is -0.114. The molecule has 0 saturated heterocycles. The molecule has 7 nitrogen and oxygen atoms in total. The minimum Gasteiger partial charge on any atom is -0.480 e. The number of ether oxygens (including phenoxy) is 1. The molecule has 0 spiro atoms. The number of benzene rings is 1. The number of carboxylic acid groups (broad SMARTS) is 1. The highest BCUT2D eigenvalue weighted by molar-refractivity contribution is 5.79. The van der Waals surface area contributed by atoms with Crippen molar-refractivity contribution in [2.45, 2.75) is 6.04 Å². The fourth-order valence-corrected chi connectivity index (χ4v) is 1.35. The second kappa shape index (κ2) is 6.05. The van der Waals surface area contributed by atoms with Crippen molar-refractivity contribution in [3.8, 4) is 0 Å². The molecule has 1 aromatic rings. The van der Waals surface area contributed by atoms with Crippen molar-refractivity contribution in [3.05, 3.63) is 33.9 Å². The molecule has 9 heteroatoms. The summed E-state index contributed by atoms with van der Waals surface area (Å²) in [5.74, 6) is -4.26. The van der Waals surface area contributed by atoms with E-state index >= 15 is 0 Å². The zero-order valence-corrected chi connectivity index (χ0v) is 9.72.